The van der Waals surface area contributed by atoms with Crippen LogP contribution in [-0.4, -0.2) is 56.6 Å². The van der Waals surface area contributed by atoms with Crippen molar-refractivity contribution < 1.29 is 22.8 Å². The molecule has 0 radical (unpaired) electrons. The van der Waals surface area contributed by atoms with Crippen LogP contribution < -0.4 is 10.2 Å². The van der Waals surface area contributed by atoms with Crippen LogP contribution in [0.15, 0.2) is 30.3 Å². The zero-order chi connectivity index (χ0) is 29.5. The maximum atomic E-state index is 14.1. The van der Waals surface area contributed by atoms with E-state index in [1.807, 2.05) is 0 Å². The molecule has 2 aliphatic heterocycles. The molecule has 41 heavy (non-hydrogen) atoms. The van der Waals surface area contributed by atoms with E-state index in [4.69, 9.17) is 0 Å². The number of tetrazole rings is 1. The number of carbonyl (C=O) groups excluding carboxylic acids is 2. The summed E-state index contributed by atoms with van der Waals surface area (Å²) in [6.07, 6.45) is -2.07. The summed E-state index contributed by atoms with van der Waals surface area (Å²) in [5.74, 6) is -0.157. The number of anilines is 2. The normalized spacial score (nSPS) is 17.9. The molecule has 0 bridgehead atoms. The van der Waals surface area contributed by atoms with Gasteiger partial charge < -0.3 is 10.2 Å². The Bertz CT molecular complexity index is 1430. The Morgan fingerprint density at radius 2 is 1.78 bits per heavy atom. The molecule has 3 aromatic rings. The van der Waals surface area contributed by atoms with E-state index in [0.717, 1.165) is 18.4 Å². The monoisotopic (exact) mass is 569 g/mol. The van der Waals surface area contributed by atoms with Gasteiger partial charge in [-0.05, 0) is 66.6 Å². The number of alkyl halides is 3. The third-order valence-electron chi connectivity index (χ3n) is 8.05. The second-order valence-electron chi connectivity index (χ2n) is 10.9. The minimum Gasteiger partial charge on any atom is -0.371 e. The lowest BCUT2D eigenvalue weighted by molar-refractivity contribution is -0.138. The minimum atomic E-state index is -4.45. The lowest BCUT2D eigenvalue weighted by atomic mass is 9.91. The van der Waals surface area contributed by atoms with Crippen molar-refractivity contribution in [3.8, 4) is 0 Å². The van der Waals surface area contributed by atoms with Crippen LogP contribution in [0.4, 0.5) is 24.8 Å². The number of nitrogens with one attached hydrogen (secondary N) is 1. The minimum absolute atomic E-state index is 0.0809. The highest BCUT2D eigenvalue weighted by Gasteiger charge is 2.38. The number of benzene rings is 2. The van der Waals surface area contributed by atoms with Crippen molar-refractivity contribution in [2.24, 2.45) is 5.92 Å². The van der Waals surface area contributed by atoms with Crippen molar-refractivity contribution in [1.82, 2.24) is 25.1 Å². The van der Waals surface area contributed by atoms with E-state index in [1.165, 1.54) is 16.6 Å². The van der Waals surface area contributed by atoms with Gasteiger partial charge in [-0.2, -0.15) is 18.0 Å². The first kappa shape index (κ1) is 28.6. The second kappa shape index (κ2) is 11.1. The van der Waals surface area contributed by atoms with E-state index in [0.29, 0.717) is 42.2 Å². The Labute approximate surface area is 236 Å². The summed E-state index contributed by atoms with van der Waals surface area (Å²) in [4.78, 5) is 29.9. The number of rotatable bonds is 8. The number of aryl methyl sites for hydroxylation is 1. The highest BCUT2D eigenvalue weighted by molar-refractivity contribution is 6.21. The number of amides is 2. The molecule has 12 heteroatoms. The Balaban J connectivity index is 1.37. The van der Waals surface area contributed by atoms with Gasteiger partial charge >= 0.3 is 6.18 Å². The van der Waals surface area contributed by atoms with Crippen LogP contribution in [0.1, 0.15) is 82.1 Å². The van der Waals surface area contributed by atoms with Gasteiger partial charge in [0.15, 0.2) is 0 Å². The third-order valence-corrected chi connectivity index (χ3v) is 8.05. The SMILES string of the molecule is CCC(C)CN1CCCC(Nc2nnn(CCN3C(=O)c4ccccc4C3=O)n2)c2cc(C)c(C(F)(F)F)c(C)c21. The van der Waals surface area contributed by atoms with Crippen molar-refractivity contribution in [1.29, 1.82) is 0 Å². The Morgan fingerprint density at radius 1 is 1.10 bits per heavy atom. The molecule has 3 heterocycles. The number of halogens is 3. The molecule has 0 saturated carbocycles. The zero-order valence-corrected chi connectivity index (χ0v) is 23.6. The smallest absolute Gasteiger partial charge is 0.371 e. The predicted octanol–water partition coefficient (Wildman–Crippen LogP) is 5.40. The van der Waals surface area contributed by atoms with Gasteiger partial charge in [0.05, 0.1) is 35.8 Å². The first-order valence-electron chi connectivity index (χ1n) is 13.9. The zero-order valence-electron chi connectivity index (χ0n) is 23.6. The molecule has 5 rings (SSSR count). The molecule has 1 aromatic heterocycles. The highest BCUT2D eigenvalue weighted by atomic mass is 19.4. The average molecular weight is 570 g/mol. The fraction of sp³-hybridized carbons (Fsp3) is 0.483. The molecule has 2 atom stereocenters. The van der Waals surface area contributed by atoms with Crippen LogP contribution in [0, 0.1) is 19.8 Å². The number of carbonyl (C=O) groups is 2. The Kier molecular flexibility index (Phi) is 7.76. The lowest BCUT2D eigenvalue weighted by Gasteiger charge is -2.32. The van der Waals surface area contributed by atoms with E-state index in [-0.39, 0.29) is 48.0 Å². The summed E-state index contributed by atoms with van der Waals surface area (Å²) in [5.41, 5.74) is 2.00. The molecule has 2 aromatic carbocycles. The number of aromatic nitrogens is 4. The number of nitrogens with zero attached hydrogens (tertiary/aromatic N) is 6. The second-order valence-corrected chi connectivity index (χ2v) is 10.9. The molecular weight excluding hydrogens is 535 g/mol. The summed E-state index contributed by atoms with van der Waals surface area (Å²) in [7, 11) is 0. The number of hydrogen-bond donors (Lipinski definition) is 1. The number of hydrogen-bond acceptors (Lipinski definition) is 7. The average Bonchev–Trinajstić information content (AvgIpc) is 3.41. The number of fused-ring (bicyclic) bond motifs is 2. The first-order chi connectivity index (χ1) is 19.5. The largest absolute Gasteiger partial charge is 0.416 e. The molecule has 1 N–H and O–H groups in total. The molecular formula is C29H34F3N7O2. The fourth-order valence-electron chi connectivity index (χ4n) is 5.90. The summed E-state index contributed by atoms with van der Waals surface area (Å²) in [5, 5.41) is 15.9. The maximum Gasteiger partial charge on any atom is 0.416 e. The van der Waals surface area contributed by atoms with E-state index >= 15 is 0 Å². The van der Waals surface area contributed by atoms with E-state index in [2.05, 4.69) is 39.5 Å². The summed E-state index contributed by atoms with van der Waals surface area (Å²) in [6, 6.07) is 8.01. The van der Waals surface area contributed by atoms with Gasteiger partial charge in [0, 0.05) is 18.8 Å². The van der Waals surface area contributed by atoms with Crippen LogP contribution in [0.3, 0.4) is 0 Å². The van der Waals surface area contributed by atoms with Crippen molar-refractivity contribution in [3.63, 3.8) is 0 Å². The molecule has 0 aliphatic carbocycles. The van der Waals surface area contributed by atoms with Gasteiger partial charge in [0.25, 0.3) is 17.8 Å². The molecule has 218 valence electrons. The van der Waals surface area contributed by atoms with Gasteiger partial charge in [-0.25, -0.2) is 0 Å². The molecule has 2 amide bonds. The summed E-state index contributed by atoms with van der Waals surface area (Å²) >= 11 is 0. The quantitative estimate of drug-likeness (QED) is 0.363. The van der Waals surface area contributed by atoms with E-state index < -0.39 is 11.7 Å². The van der Waals surface area contributed by atoms with Gasteiger partial charge in [-0.15, -0.1) is 5.10 Å². The molecule has 2 aliphatic rings. The molecule has 0 fully saturated rings. The van der Waals surface area contributed by atoms with Crippen molar-refractivity contribution >= 4 is 23.5 Å². The van der Waals surface area contributed by atoms with Crippen LogP contribution >= 0.6 is 0 Å². The van der Waals surface area contributed by atoms with Gasteiger partial charge in [0.2, 0.25) is 0 Å². The standard InChI is InChI=1S/C29H34F3N7O2/c1-5-17(2)16-37-12-8-11-23(22-15-18(3)24(29(30,31)32)19(4)25(22)37)33-28-34-36-39(35-28)14-13-38-26(40)20-9-6-7-10-21(20)27(38)41/h6-7,9-10,15,17,23H,5,8,11-14,16H2,1-4H3,(H,33,35). The highest BCUT2D eigenvalue weighted by Crippen LogP contribution is 2.44. The van der Waals surface area contributed by atoms with Crippen molar-refractivity contribution in [3.05, 3.63) is 63.7 Å². The van der Waals surface area contributed by atoms with E-state index in [9.17, 15) is 22.8 Å². The summed E-state index contributed by atoms with van der Waals surface area (Å²) < 4.78 is 42.2. The van der Waals surface area contributed by atoms with Crippen LogP contribution in [0.25, 0.3) is 0 Å². The first-order valence-corrected chi connectivity index (χ1v) is 13.9. The lowest BCUT2D eigenvalue weighted by Crippen LogP contribution is -2.33. The third kappa shape index (κ3) is 5.51. The maximum absolute atomic E-state index is 14.1. The van der Waals surface area contributed by atoms with Crippen LogP contribution in [0.5, 0.6) is 0 Å². The van der Waals surface area contributed by atoms with Crippen LogP contribution in [0.2, 0.25) is 0 Å². The van der Waals surface area contributed by atoms with Crippen molar-refractivity contribution in [2.45, 2.75) is 65.7 Å². The van der Waals surface area contributed by atoms with Gasteiger partial charge in [-0.1, -0.05) is 43.6 Å². The van der Waals surface area contributed by atoms with E-state index in [1.54, 1.807) is 37.3 Å². The van der Waals surface area contributed by atoms with Crippen molar-refractivity contribution in [2.75, 3.05) is 29.9 Å². The molecule has 0 spiro atoms. The van der Waals surface area contributed by atoms with Crippen LogP contribution in [-0.2, 0) is 12.7 Å². The van der Waals surface area contributed by atoms with Gasteiger partial charge in [-0.3, -0.25) is 14.5 Å². The Morgan fingerprint density at radius 3 is 2.41 bits per heavy atom. The fourth-order valence-corrected chi connectivity index (χ4v) is 5.90. The topological polar surface area (TPSA) is 96.2 Å². The summed E-state index contributed by atoms with van der Waals surface area (Å²) in [6.45, 7) is 8.81. The molecule has 2 unspecified atom stereocenters. The predicted molar refractivity (Wildman–Crippen MR) is 148 cm³/mol. The van der Waals surface area contributed by atoms with Gasteiger partial charge in [0.1, 0.15) is 0 Å². The molecule has 0 saturated heterocycles. The number of imide groups is 1. The Hall–Kier alpha value is -3.96. The molecule has 9 nitrogen and oxygen atoms in total.